The molecule has 0 saturated heterocycles. The van der Waals surface area contributed by atoms with Crippen LogP contribution in [0.4, 0.5) is 0 Å². The lowest BCUT2D eigenvalue weighted by atomic mass is 10.1. The van der Waals surface area contributed by atoms with Gasteiger partial charge in [-0.3, -0.25) is 0 Å². The molecule has 0 saturated carbocycles. The van der Waals surface area contributed by atoms with E-state index >= 15 is 0 Å². The van der Waals surface area contributed by atoms with Gasteiger partial charge in [0.1, 0.15) is 23.6 Å². The van der Waals surface area contributed by atoms with E-state index in [-0.39, 0.29) is 6.61 Å². The Morgan fingerprint density at radius 1 is 1.13 bits per heavy atom. The fourth-order valence-corrected chi connectivity index (χ4v) is 2.47. The monoisotopic (exact) mass is 327 g/mol. The van der Waals surface area contributed by atoms with E-state index in [2.05, 4.69) is 5.16 Å². The van der Waals surface area contributed by atoms with Crippen LogP contribution in [0.2, 0.25) is 5.02 Å². The smallest absolute Gasteiger partial charge is 0.344 e. The average molecular weight is 328 g/mol. The van der Waals surface area contributed by atoms with Gasteiger partial charge in [0, 0.05) is 5.56 Å². The standard InChI is InChI=1S/C18H14ClNO3/c1-12-16(18(21)22-11-13-7-3-2-4-8-13)17(20-23-12)14-9-5-6-10-15(14)19/h2-10H,11H2,1H3. The number of hydrogen-bond donors (Lipinski definition) is 0. The van der Waals surface area contributed by atoms with Crippen molar-refractivity contribution in [2.45, 2.75) is 13.5 Å². The van der Waals surface area contributed by atoms with Crippen LogP contribution in [0, 0.1) is 6.92 Å². The minimum Gasteiger partial charge on any atom is -0.457 e. The van der Waals surface area contributed by atoms with Crippen molar-refractivity contribution in [3.63, 3.8) is 0 Å². The van der Waals surface area contributed by atoms with Crippen molar-refractivity contribution in [2.24, 2.45) is 0 Å². The molecule has 23 heavy (non-hydrogen) atoms. The number of ether oxygens (including phenoxy) is 1. The number of hydrogen-bond acceptors (Lipinski definition) is 4. The van der Waals surface area contributed by atoms with E-state index in [0.717, 1.165) is 5.56 Å². The summed E-state index contributed by atoms with van der Waals surface area (Å²) in [4.78, 5) is 12.4. The molecule has 0 radical (unpaired) electrons. The second-order valence-corrected chi connectivity index (χ2v) is 5.41. The number of esters is 1. The van der Waals surface area contributed by atoms with Crippen LogP contribution in [0.1, 0.15) is 21.7 Å². The van der Waals surface area contributed by atoms with Gasteiger partial charge in [0.2, 0.25) is 0 Å². The number of rotatable bonds is 4. The SMILES string of the molecule is Cc1onc(-c2ccccc2Cl)c1C(=O)OCc1ccccc1. The molecule has 0 unspecified atom stereocenters. The van der Waals surface area contributed by atoms with E-state index in [0.29, 0.717) is 27.6 Å². The number of nitrogens with zero attached hydrogens (tertiary/aromatic N) is 1. The first-order chi connectivity index (χ1) is 11.2. The molecule has 4 nitrogen and oxygen atoms in total. The van der Waals surface area contributed by atoms with Gasteiger partial charge in [0.05, 0.1) is 5.02 Å². The fraction of sp³-hybridized carbons (Fsp3) is 0.111. The number of halogens is 1. The Labute approximate surface area is 138 Å². The summed E-state index contributed by atoms with van der Waals surface area (Å²) in [5, 5.41) is 4.46. The third-order valence-corrected chi connectivity index (χ3v) is 3.74. The molecule has 0 amide bonds. The molecule has 3 aromatic rings. The van der Waals surface area contributed by atoms with E-state index in [1.54, 1.807) is 19.1 Å². The van der Waals surface area contributed by atoms with Gasteiger partial charge in [-0.2, -0.15) is 0 Å². The van der Waals surface area contributed by atoms with Gasteiger partial charge in [-0.25, -0.2) is 4.79 Å². The third kappa shape index (κ3) is 3.27. The summed E-state index contributed by atoms with van der Waals surface area (Å²) in [7, 11) is 0. The first-order valence-corrected chi connectivity index (χ1v) is 7.47. The lowest BCUT2D eigenvalue weighted by molar-refractivity contribution is 0.0471. The molecule has 1 heterocycles. The average Bonchev–Trinajstić information content (AvgIpc) is 2.95. The minimum absolute atomic E-state index is 0.187. The van der Waals surface area contributed by atoms with Crippen LogP contribution in [-0.4, -0.2) is 11.1 Å². The zero-order chi connectivity index (χ0) is 16.2. The van der Waals surface area contributed by atoms with Crippen molar-refractivity contribution < 1.29 is 14.1 Å². The summed E-state index contributed by atoms with van der Waals surface area (Å²) < 4.78 is 10.5. The molecular formula is C18H14ClNO3. The Balaban J connectivity index is 1.87. The van der Waals surface area contributed by atoms with Crippen molar-refractivity contribution in [2.75, 3.05) is 0 Å². The molecule has 0 fully saturated rings. The summed E-state index contributed by atoms with van der Waals surface area (Å²) >= 11 is 6.18. The minimum atomic E-state index is -0.484. The van der Waals surface area contributed by atoms with Crippen molar-refractivity contribution in [1.82, 2.24) is 5.16 Å². The predicted molar refractivity (Wildman–Crippen MR) is 87.2 cm³/mol. The van der Waals surface area contributed by atoms with Crippen molar-refractivity contribution in [3.8, 4) is 11.3 Å². The van der Waals surface area contributed by atoms with E-state index in [4.69, 9.17) is 20.9 Å². The van der Waals surface area contributed by atoms with Crippen molar-refractivity contribution in [1.29, 1.82) is 0 Å². The molecule has 0 aliphatic heterocycles. The predicted octanol–water partition coefficient (Wildman–Crippen LogP) is 4.66. The maximum Gasteiger partial charge on any atom is 0.344 e. The van der Waals surface area contributed by atoms with E-state index in [1.807, 2.05) is 42.5 Å². The topological polar surface area (TPSA) is 52.3 Å². The largest absolute Gasteiger partial charge is 0.457 e. The molecule has 0 aliphatic rings. The lowest BCUT2D eigenvalue weighted by Crippen LogP contribution is -2.07. The Hall–Kier alpha value is -2.59. The van der Waals surface area contributed by atoms with E-state index in [1.165, 1.54) is 0 Å². The maximum absolute atomic E-state index is 12.4. The van der Waals surface area contributed by atoms with Crippen molar-refractivity contribution in [3.05, 3.63) is 76.5 Å². The summed E-state index contributed by atoms with van der Waals surface area (Å²) in [5.74, 6) is -0.0829. The molecule has 3 rings (SSSR count). The van der Waals surface area contributed by atoms with Gasteiger partial charge >= 0.3 is 5.97 Å². The van der Waals surface area contributed by atoms with Crippen LogP contribution < -0.4 is 0 Å². The Kier molecular flexibility index (Phi) is 4.44. The van der Waals surface area contributed by atoms with Gasteiger partial charge in [0.15, 0.2) is 0 Å². The van der Waals surface area contributed by atoms with Gasteiger partial charge in [-0.15, -0.1) is 0 Å². The fourth-order valence-electron chi connectivity index (χ4n) is 2.24. The second-order valence-electron chi connectivity index (χ2n) is 5.00. The van der Waals surface area contributed by atoms with Crippen LogP contribution in [-0.2, 0) is 11.3 Å². The third-order valence-electron chi connectivity index (χ3n) is 3.41. The number of aromatic nitrogens is 1. The second kappa shape index (κ2) is 6.67. The number of benzene rings is 2. The van der Waals surface area contributed by atoms with Crippen molar-refractivity contribution >= 4 is 17.6 Å². The molecule has 2 aromatic carbocycles. The highest BCUT2D eigenvalue weighted by molar-refractivity contribution is 6.33. The van der Waals surface area contributed by atoms with Crippen LogP contribution in [0.3, 0.4) is 0 Å². The molecule has 0 N–H and O–H groups in total. The molecule has 0 spiro atoms. The summed E-state index contributed by atoms with van der Waals surface area (Å²) in [6.07, 6.45) is 0. The highest BCUT2D eigenvalue weighted by Crippen LogP contribution is 2.31. The first kappa shape index (κ1) is 15.3. The Bertz CT molecular complexity index is 827. The highest BCUT2D eigenvalue weighted by atomic mass is 35.5. The molecular weight excluding hydrogens is 314 g/mol. The van der Waals surface area contributed by atoms with Gasteiger partial charge < -0.3 is 9.26 Å². The zero-order valence-corrected chi connectivity index (χ0v) is 13.2. The number of aryl methyl sites for hydroxylation is 1. The molecule has 0 bridgehead atoms. The zero-order valence-electron chi connectivity index (χ0n) is 12.5. The lowest BCUT2D eigenvalue weighted by Gasteiger charge is -2.06. The molecule has 116 valence electrons. The summed E-state index contributed by atoms with van der Waals surface area (Å²) in [6, 6.07) is 16.6. The molecule has 1 aromatic heterocycles. The Morgan fingerprint density at radius 3 is 2.57 bits per heavy atom. The van der Waals surface area contributed by atoms with Crippen LogP contribution in [0.15, 0.2) is 59.1 Å². The Morgan fingerprint density at radius 2 is 1.83 bits per heavy atom. The van der Waals surface area contributed by atoms with E-state index in [9.17, 15) is 4.79 Å². The maximum atomic E-state index is 12.4. The van der Waals surface area contributed by atoms with Gasteiger partial charge in [-0.05, 0) is 18.6 Å². The quantitative estimate of drug-likeness (QED) is 0.654. The first-order valence-electron chi connectivity index (χ1n) is 7.09. The summed E-state index contributed by atoms with van der Waals surface area (Å²) in [6.45, 7) is 1.86. The van der Waals surface area contributed by atoms with Crippen LogP contribution in [0.5, 0.6) is 0 Å². The summed E-state index contributed by atoms with van der Waals surface area (Å²) in [5.41, 5.74) is 2.24. The normalized spacial score (nSPS) is 10.5. The molecule has 0 atom stereocenters. The molecule has 0 aliphatic carbocycles. The highest BCUT2D eigenvalue weighted by Gasteiger charge is 2.24. The van der Waals surface area contributed by atoms with Crippen LogP contribution >= 0.6 is 11.6 Å². The number of carbonyl (C=O) groups is 1. The van der Waals surface area contributed by atoms with Crippen LogP contribution in [0.25, 0.3) is 11.3 Å². The van der Waals surface area contributed by atoms with Gasteiger partial charge in [-0.1, -0.05) is 65.3 Å². The van der Waals surface area contributed by atoms with E-state index < -0.39 is 5.97 Å². The van der Waals surface area contributed by atoms with Gasteiger partial charge in [0.25, 0.3) is 0 Å². The number of carbonyl (C=O) groups excluding carboxylic acids is 1. The molecule has 5 heteroatoms.